The van der Waals surface area contributed by atoms with Crippen LogP contribution in [0.1, 0.15) is 19.8 Å². The molecule has 108 valence electrons. The van der Waals surface area contributed by atoms with Crippen LogP contribution in [0.2, 0.25) is 10.0 Å². The monoisotopic (exact) mass is 326 g/mol. The summed E-state index contributed by atoms with van der Waals surface area (Å²) < 4.78 is 26.8. The van der Waals surface area contributed by atoms with Crippen LogP contribution < -0.4 is 10.5 Å². The maximum absolute atomic E-state index is 12.2. The minimum absolute atomic E-state index is 0.000594. The predicted molar refractivity (Wildman–Crippen MR) is 77.0 cm³/mol. The SMILES string of the molecule is CC(CCCO)NS(=O)(=O)c1c(N)cc(Cl)cc1Cl. The number of nitrogens with two attached hydrogens (primary N) is 1. The first kappa shape index (κ1) is 16.5. The first-order chi connectivity index (χ1) is 8.77. The standard InChI is InChI=1S/C11H16Cl2N2O3S/c1-7(3-2-4-16)15-19(17,18)11-9(13)5-8(12)6-10(11)14/h5-7,15-16H,2-4,14H2,1H3. The fourth-order valence-corrected chi connectivity index (χ4v) is 3.91. The number of hydrogen-bond donors (Lipinski definition) is 3. The fraction of sp³-hybridized carbons (Fsp3) is 0.455. The number of halogens is 2. The molecule has 1 unspecified atom stereocenters. The smallest absolute Gasteiger partial charge is 0.244 e. The van der Waals surface area contributed by atoms with Crippen molar-refractivity contribution in [3.63, 3.8) is 0 Å². The zero-order valence-electron chi connectivity index (χ0n) is 10.4. The molecule has 1 aromatic rings. The van der Waals surface area contributed by atoms with Crippen molar-refractivity contribution in [3.05, 3.63) is 22.2 Å². The third-order valence-corrected chi connectivity index (χ3v) is 4.79. The molecule has 1 rings (SSSR count). The molecule has 0 aliphatic heterocycles. The van der Waals surface area contributed by atoms with Crippen LogP contribution >= 0.6 is 23.2 Å². The van der Waals surface area contributed by atoms with Crippen LogP contribution in [0.25, 0.3) is 0 Å². The maximum Gasteiger partial charge on any atom is 0.244 e. The van der Waals surface area contributed by atoms with E-state index in [9.17, 15) is 8.42 Å². The van der Waals surface area contributed by atoms with Crippen molar-refractivity contribution >= 4 is 38.9 Å². The van der Waals surface area contributed by atoms with Crippen molar-refractivity contribution in [3.8, 4) is 0 Å². The van der Waals surface area contributed by atoms with E-state index in [0.717, 1.165) is 0 Å². The summed E-state index contributed by atoms with van der Waals surface area (Å²) in [6, 6.07) is 2.33. The van der Waals surface area contributed by atoms with Crippen molar-refractivity contribution in [2.24, 2.45) is 0 Å². The van der Waals surface area contributed by atoms with Gasteiger partial charge in [-0.1, -0.05) is 23.2 Å². The van der Waals surface area contributed by atoms with Crippen LogP contribution in [-0.4, -0.2) is 26.2 Å². The number of benzene rings is 1. The minimum atomic E-state index is -3.82. The lowest BCUT2D eigenvalue weighted by atomic mass is 10.2. The van der Waals surface area contributed by atoms with Crippen molar-refractivity contribution in [2.45, 2.75) is 30.7 Å². The highest BCUT2D eigenvalue weighted by Gasteiger charge is 2.23. The lowest BCUT2D eigenvalue weighted by Crippen LogP contribution is -2.33. The quantitative estimate of drug-likeness (QED) is 0.697. The van der Waals surface area contributed by atoms with Gasteiger partial charge in [-0.3, -0.25) is 0 Å². The number of nitrogens with one attached hydrogen (secondary N) is 1. The van der Waals surface area contributed by atoms with Gasteiger partial charge in [-0.05, 0) is 31.9 Å². The molecule has 0 aliphatic rings. The van der Waals surface area contributed by atoms with E-state index in [1.54, 1.807) is 6.92 Å². The van der Waals surface area contributed by atoms with Crippen LogP contribution in [0.5, 0.6) is 0 Å². The van der Waals surface area contributed by atoms with Crippen LogP contribution in [0.3, 0.4) is 0 Å². The molecule has 0 amide bonds. The van der Waals surface area contributed by atoms with Gasteiger partial charge in [0.15, 0.2) is 0 Å². The van der Waals surface area contributed by atoms with Crippen LogP contribution in [0.15, 0.2) is 17.0 Å². The Kier molecular flexibility index (Phi) is 5.88. The molecule has 0 bridgehead atoms. The number of rotatable bonds is 6. The highest BCUT2D eigenvalue weighted by molar-refractivity contribution is 7.89. The Labute approximate surface area is 122 Å². The molecule has 5 nitrogen and oxygen atoms in total. The number of anilines is 1. The molecule has 0 spiro atoms. The molecule has 0 heterocycles. The van der Waals surface area contributed by atoms with Crippen molar-refractivity contribution < 1.29 is 13.5 Å². The van der Waals surface area contributed by atoms with E-state index < -0.39 is 10.0 Å². The van der Waals surface area contributed by atoms with Crippen LogP contribution in [0, 0.1) is 0 Å². The summed E-state index contributed by atoms with van der Waals surface area (Å²) in [6.07, 6.45) is 1.02. The highest BCUT2D eigenvalue weighted by atomic mass is 35.5. The summed E-state index contributed by atoms with van der Waals surface area (Å²) >= 11 is 11.6. The Bertz CT molecular complexity index is 526. The second kappa shape index (κ2) is 6.76. The molecule has 0 saturated heterocycles. The Hall–Kier alpha value is -0.530. The van der Waals surface area contributed by atoms with Gasteiger partial charge in [-0.2, -0.15) is 0 Å². The molecule has 0 radical (unpaired) electrons. The maximum atomic E-state index is 12.2. The second-order valence-corrected chi connectivity index (χ2v) is 6.69. The predicted octanol–water partition coefficient (Wildman–Crippen LogP) is 2.01. The summed E-state index contributed by atoms with van der Waals surface area (Å²) in [5.41, 5.74) is 5.66. The van der Waals surface area contributed by atoms with E-state index >= 15 is 0 Å². The largest absolute Gasteiger partial charge is 0.398 e. The van der Waals surface area contributed by atoms with Gasteiger partial charge in [-0.25, -0.2) is 13.1 Å². The average molecular weight is 327 g/mol. The van der Waals surface area contributed by atoms with E-state index in [0.29, 0.717) is 12.8 Å². The molecular weight excluding hydrogens is 311 g/mol. The number of aliphatic hydroxyl groups is 1. The zero-order chi connectivity index (χ0) is 14.6. The molecule has 1 atom stereocenters. The van der Waals surface area contributed by atoms with Gasteiger partial charge < -0.3 is 10.8 Å². The molecule has 4 N–H and O–H groups in total. The molecule has 19 heavy (non-hydrogen) atoms. The fourth-order valence-electron chi connectivity index (χ4n) is 1.64. The lowest BCUT2D eigenvalue weighted by molar-refractivity contribution is 0.279. The van der Waals surface area contributed by atoms with Crippen LogP contribution in [-0.2, 0) is 10.0 Å². The summed E-state index contributed by atoms with van der Waals surface area (Å²) in [6.45, 7) is 1.71. The van der Waals surface area contributed by atoms with Gasteiger partial charge in [0, 0.05) is 17.7 Å². The number of aliphatic hydroxyl groups excluding tert-OH is 1. The molecule has 8 heteroatoms. The summed E-state index contributed by atoms with van der Waals surface area (Å²) in [7, 11) is -3.82. The van der Waals surface area contributed by atoms with Gasteiger partial charge in [0.2, 0.25) is 10.0 Å². The summed E-state index contributed by atoms with van der Waals surface area (Å²) in [5.74, 6) is 0. The Morgan fingerprint density at radius 1 is 1.42 bits per heavy atom. The van der Waals surface area contributed by atoms with Gasteiger partial charge >= 0.3 is 0 Å². The summed E-state index contributed by atoms with van der Waals surface area (Å²) in [5, 5.41) is 8.97. The van der Waals surface area contributed by atoms with Crippen LogP contribution in [0.4, 0.5) is 5.69 Å². The third-order valence-electron chi connectivity index (χ3n) is 2.46. The van der Waals surface area contributed by atoms with E-state index in [1.165, 1.54) is 12.1 Å². The average Bonchev–Trinajstić information content (AvgIpc) is 2.23. The third kappa shape index (κ3) is 4.50. The molecule has 0 aromatic heterocycles. The summed E-state index contributed by atoms with van der Waals surface area (Å²) in [4.78, 5) is -0.172. The molecule has 0 saturated carbocycles. The Balaban J connectivity index is 3.01. The number of sulfonamides is 1. The second-order valence-electron chi connectivity index (χ2n) is 4.19. The van der Waals surface area contributed by atoms with E-state index in [4.69, 9.17) is 34.0 Å². The highest BCUT2D eigenvalue weighted by Crippen LogP contribution is 2.31. The van der Waals surface area contributed by atoms with E-state index in [1.807, 2.05) is 0 Å². The van der Waals surface area contributed by atoms with Gasteiger partial charge in [0.1, 0.15) is 4.90 Å². The Morgan fingerprint density at radius 2 is 2.05 bits per heavy atom. The molecule has 1 aromatic carbocycles. The molecule has 0 aliphatic carbocycles. The van der Waals surface area contributed by atoms with Gasteiger partial charge in [0.05, 0.1) is 10.7 Å². The number of hydrogen-bond acceptors (Lipinski definition) is 4. The first-order valence-corrected chi connectivity index (χ1v) is 7.89. The minimum Gasteiger partial charge on any atom is -0.398 e. The lowest BCUT2D eigenvalue weighted by Gasteiger charge is -2.16. The topological polar surface area (TPSA) is 92.4 Å². The van der Waals surface area contributed by atoms with E-state index in [2.05, 4.69) is 4.72 Å². The Morgan fingerprint density at radius 3 is 2.58 bits per heavy atom. The first-order valence-electron chi connectivity index (χ1n) is 5.65. The van der Waals surface area contributed by atoms with Crippen molar-refractivity contribution in [2.75, 3.05) is 12.3 Å². The molecule has 0 fully saturated rings. The molecular formula is C11H16Cl2N2O3S. The number of nitrogen functional groups attached to an aromatic ring is 1. The normalized spacial score (nSPS) is 13.5. The van der Waals surface area contributed by atoms with Gasteiger partial charge in [0.25, 0.3) is 0 Å². The van der Waals surface area contributed by atoms with Crippen molar-refractivity contribution in [1.82, 2.24) is 4.72 Å². The van der Waals surface area contributed by atoms with E-state index in [-0.39, 0.29) is 33.3 Å². The van der Waals surface area contributed by atoms with Crippen molar-refractivity contribution in [1.29, 1.82) is 0 Å². The van der Waals surface area contributed by atoms with Gasteiger partial charge in [-0.15, -0.1) is 0 Å². The zero-order valence-corrected chi connectivity index (χ0v) is 12.7.